The summed E-state index contributed by atoms with van der Waals surface area (Å²) in [6.07, 6.45) is 1.87. The first-order valence-corrected chi connectivity index (χ1v) is 9.08. The van der Waals surface area contributed by atoms with Crippen molar-refractivity contribution in [1.29, 1.82) is 0 Å². The highest BCUT2D eigenvalue weighted by molar-refractivity contribution is 6.04. The number of aromatic hydroxyl groups is 1. The Kier molecular flexibility index (Phi) is 4.89. The molecule has 0 fully saturated rings. The zero-order chi connectivity index (χ0) is 19.9. The minimum Gasteiger partial charge on any atom is -0.504 e. The molecule has 2 aliphatic carbocycles. The number of allylic oxidation sites excluding steroid dienone is 3. The lowest BCUT2D eigenvalue weighted by Gasteiger charge is -2.39. The van der Waals surface area contributed by atoms with Crippen LogP contribution in [-0.2, 0) is 14.3 Å². The Bertz CT molecular complexity index is 873. The lowest BCUT2D eigenvalue weighted by molar-refractivity contribution is -0.136. The fraction of sp³-hybridized carbons (Fsp3) is 0.455. The van der Waals surface area contributed by atoms with Gasteiger partial charge in [-0.3, -0.25) is 4.79 Å². The number of ketones is 1. The normalized spacial score (nSPS) is 21.8. The predicted octanol–water partition coefficient (Wildman–Crippen LogP) is 4.06. The zero-order valence-corrected chi connectivity index (χ0v) is 16.5. The van der Waals surface area contributed by atoms with Gasteiger partial charge in [0.15, 0.2) is 17.3 Å². The van der Waals surface area contributed by atoms with Crippen molar-refractivity contribution < 1.29 is 24.2 Å². The first-order valence-electron chi connectivity index (χ1n) is 9.08. The second kappa shape index (κ2) is 6.87. The summed E-state index contributed by atoms with van der Waals surface area (Å²) in [5, 5.41) is 10.3. The minimum absolute atomic E-state index is 0.0202. The molecule has 0 spiro atoms. The summed E-state index contributed by atoms with van der Waals surface area (Å²) in [7, 11) is 2.83. The van der Waals surface area contributed by atoms with Crippen LogP contribution in [0.3, 0.4) is 0 Å². The van der Waals surface area contributed by atoms with Gasteiger partial charge in [0.1, 0.15) is 0 Å². The molecule has 0 unspecified atom stereocenters. The average molecular weight is 370 g/mol. The second-order valence-corrected chi connectivity index (χ2v) is 8.18. The van der Waals surface area contributed by atoms with Crippen LogP contribution in [0.5, 0.6) is 11.5 Å². The van der Waals surface area contributed by atoms with Crippen molar-refractivity contribution in [1.82, 2.24) is 0 Å². The Hall–Kier alpha value is -2.56. The largest absolute Gasteiger partial charge is 0.504 e. The van der Waals surface area contributed by atoms with E-state index in [1.54, 1.807) is 18.2 Å². The second-order valence-electron chi connectivity index (χ2n) is 8.18. The van der Waals surface area contributed by atoms with Gasteiger partial charge in [-0.15, -0.1) is 0 Å². The number of ether oxygens (including phenoxy) is 2. The van der Waals surface area contributed by atoms with Crippen LogP contribution in [0.4, 0.5) is 0 Å². The first kappa shape index (κ1) is 19.2. The SMILES string of the molecule is COC(=O)C1=C(C)CC2=C(C(=O)CC(C)(C)C2)[C@H]1c1ccc(OC)c(O)c1. The van der Waals surface area contributed by atoms with Gasteiger partial charge in [-0.05, 0) is 42.9 Å². The van der Waals surface area contributed by atoms with E-state index in [0.717, 1.165) is 17.6 Å². The van der Waals surface area contributed by atoms with Gasteiger partial charge in [-0.2, -0.15) is 0 Å². The highest BCUT2D eigenvalue weighted by atomic mass is 16.5. The van der Waals surface area contributed by atoms with Crippen LogP contribution < -0.4 is 4.74 Å². The summed E-state index contributed by atoms with van der Waals surface area (Å²) in [6, 6.07) is 5.02. The van der Waals surface area contributed by atoms with Crippen molar-refractivity contribution in [2.45, 2.75) is 46.0 Å². The number of Topliss-reactive ketones (excluding diaryl/α,β-unsaturated/α-hetero) is 1. The number of methoxy groups -OCH3 is 2. The van der Waals surface area contributed by atoms with E-state index in [-0.39, 0.29) is 16.9 Å². The zero-order valence-electron chi connectivity index (χ0n) is 16.5. The van der Waals surface area contributed by atoms with Gasteiger partial charge < -0.3 is 14.6 Å². The molecule has 1 N–H and O–H groups in total. The smallest absolute Gasteiger partial charge is 0.334 e. The van der Waals surface area contributed by atoms with Gasteiger partial charge in [0.25, 0.3) is 0 Å². The van der Waals surface area contributed by atoms with Crippen LogP contribution in [0, 0.1) is 5.41 Å². The van der Waals surface area contributed by atoms with Crippen molar-refractivity contribution in [2.24, 2.45) is 5.41 Å². The highest BCUT2D eigenvalue weighted by Crippen LogP contribution is 2.50. The third-order valence-corrected chi connectivity index (χ3v) is 5.47. The number of rotatable bonds is 3. The molecule has 144 valence electrons. The molecule has 0 amide bonds. The maximum atomic E-state index is 13.1. The molecule has 1 aromatic carbocycles. The van der Waals surface area contributed by atoms with Crippen molar-refractivity contribution in [3.63, 3.8) is 0 Å². The van der Waals surface area contributed by atoms with E-state index in [1.807, 2.05) is 6.92 Å². The van der Waals surface area contributed by atoms with Crippen molar-refractivity contribution in [2.75, 3.05) is 14.2 Å². The number of phenolic OH excluding ortho intramolecular Hbond substituents is 1. The summed E-state index contributed by atoms with van der Waals surface area (Å²) in [5.41, 5.74) is 3.77. The topological polar surface area (TPSA) is 72.8 Å². The molecule has 0 radical (unpaired) electrons. The van der Waals surface area contributed by atoms with Crippen molar-refractivity contribution in [3.05, 3.63) is 46.1 Å². The number of phenols is 1. The number of benzene rings is 1. The van der Waals surface area contributed by atoms with Gasteiger partial charge in [0, 0.05) is 23.5 Å². The molecule has 0 bridgehead atoms. The molecular formula is C22H26O5. The molecule has 0 saturated carbocycles. The number of esters is 1. The average Bonchev–Trinajstić information content (AvgIpc) is 2.58. The van der Waals surface area contributed by atoms with Crippen LogP contribution >= 0.6 is 0 Å². The standard InChI is InChI=1S/C22H26O5/c1-12-8-14-10-22(2,3)11-16(24)19(14)20(18(12)21(25)27-5)13-6-7-17(26-4)15(23)9-13/h6-7,9,20,23H,8,10-11H2,1-5H3/t20-/m0/s1. The molecule has 1 atom stereocenters. The predicted molar refractivity (Wildman–Crippen MR) is 102 cm³/mol. The summed E-state index contributed by atoms with van der Waals surface area (Å²) >= 11 is 0. The van der Waals surface area contributed by atoms with E-state index in [4.69, 9.17) is 9.47 Å². The Morgan fingerprint density at radius 1 is 1.22 bits per heavy atom. The third kappa shape index (κ3) is 3.38. The lowest BCUT2D eigenvalue weighted by atomic mass is 9.64. The summed E-state index contributed by atoms with van der Waals surface area (Å²) in [5.74, 6) is -0.567. The number of carbonyl (C=O) groups is 2. The maximum absolute atomic E-state index is 13.1. The Morgan fingerprint density at radius 2 is 1.93 bits per heavy atom. The highest BCUT2D eigenvalue weighted by Gasteiger charge is 2.42. The van der Waals surface area contributed by atoms with Gasteiger partial charge >= 0.3 is 5.97 Å². The molecular weight excluding hydrogens is 344 g/mol. The molecule has 3 rings (SSSR count). The van der Waals surface area contributed by atoms with Gasteiger partial charge in [-0.1, -0.05) is 31.1 Å². The Morgan fingerprint density at radius 3 is 2.52 bits per heavy atom. The van der Waals surface area contributed by atoms with E-state index in [0.29, 0.717) is 35.3 Å². The number of hydrogen-bond acceptors (Lipinski definition) is 5. The molecule has 1 aromatic rings. The van der Waals surface area contributed by atoms with Crippen LogP contribution in [0.15, 0.2) is 40.5 Å². The summed E-state index contributed by atoms with van der Waals surface area (Å²) in [4.78, 5) is 25.7. The minimum atomic E-state index is -0.526. The molecule has 5 nitrogen and oxygen atoms in total. The van der Waals surface area contributed by atoms with Crippen molar-refractivity contribution >= 4 is 11.8 Å². The van der Waals surface area contributed by atoms with E-state index < -0.39 is 11.9 Å². The third-order valence-electron chi connectivity index (χ3n) is 5.47. The molecule has 27 heavy (non-hydrogen) atoms. The van der Waals surface area contributed by atoms with Crippen molar-refractivity contribution in [3.8, 4) is 11.5 Å². The van der Waals surface area contributed by atoms with Gasteiger partial charge in [-0.25, -0.2) is 4.79 Å². The molecule has 5 heteroatoms. The van der Waals surface area contributed by atoms with Crippen LogP contribution in [0.2, 0.25) is 0 Å². The summed E-state index contributed by atoms with van der Waals surface area (Å²) < 4.78 is 10.2. The lowest BCUT2D eigenvalue weighted by Crippen LogP contribution is -2.33. The fourth-order valence-electron chi connectivity index (χ4n) is 4.41. The van der Waals surface area contributed by atoms with Gasteiger partial charge in [0.05, 0.1) is 14.2 Å². The van der Waals surface area contributed by atoms with E-state index >= 15 is 0 Å². The molecule has 0 aliphatic heterocycles. The van der Waals surface area contributed by atoms with Gasteiger partial charge in [0.2, 0.25) is 0 Å². The quantitative estimate of drug-likeness (QED) is 0.812. The first-order chi connectivity index (χ1) is 12.7. The number of carbonyl (C=O) groups excluding carboxylic acids is 2. The van der Waals surface area contributed by atoms with Crippen LogP contribution in [0.1, 0.15) is 51.5 Å². The van der Waals surface area contributed by atoms with Crippen LogP contribution in [-0.4, -0.2) is 31.1 Å². The Balaban J connectivity index is 2.21. The van der Waals surface area contributed by atoms with Crippen LogP contribution in [0.25, 0.3) is 0 Å². The maximum Gasteiger partial charge on any atom is 0.334 e. The number of hydrogen-bond donors (Lipinski definition) is 1. The van der Waals surface area contributed by atoms with E-state index in [9.17, 15) is 14.7 Å². The summed E-state index contributed by atoms with van der Waals surface area (Å²) in [6.45, 7) is 6.11. The van der Waals surface area contributed by atoms with E-state index in [2.05, 4.69) is 13.8 Å². The monoisotopic (exact) mass is 370 g/mol. The molecule has 0 aromatic heterocycles. The van der Waals surface area contributed by atoms with E-state index in [1.165, 1.54) is 14.2 Å². The molecule has 2 aliphatic rings. The fourth-order valence-corrected chi connectivity index (χ4v) is 4.41. The Labute approximate surface area is 159 Å². The molecule has 0 heterocycles. The molecule has 0 saturated heterocycles.